The van der Waals surface area contributed by atoms with Gasteiger partial charge in [-0.25, -0.2) is 0 Å². The molecule has 1 aliphatic rings. The van der Waals surface area contributed by atoms with Crippen LogP contribution in [0.2, 0.25) is 0 Å². The normalized spacial score (nSPS) is 16.7. The zero-order valence-electron chi connectivity index (χ0n) is 10.3. The second-order valence-electron chi connectivity index (χ2n) is 4.56. The predicted octanol–water partition coefficient (Wildman–Crippen LogP) is 1.13. The van der Waals surface area contributed by atoms with Gasteiger partial charge in [0, 0.05) is 12.2 Å². The molecule has 1 aliphatic heterocycles. The van der Waals surface area contributed by atoms with Crippen LogP contribution in [0.1, 0.15) is 19.4 Å². The number of hydrogen-bond acceptors (Lipinski definition) is 4. The number of rotatable bonds is 3. The minimum absolute atomic E-state index is 0.00982. The Morgan fingerprint density at radius 1 is 1.44 bits per heavy atom. The largest absolute Gasteiger partial charge is 0.384 e. The van der Waals surface area contributed by atoms with Gasteiger partial charge in [0.2, 0.25) is 0 Å². The third kappa shape index (κ3) is 2.56. The molecule has 18 heavy (non-hydrogen) atoms. The van der Waals surface area contributed by atoms with Crippen molar-refractivity contribution in [3.8, 4) is 0 Å². The first kappa shape index (κ1) is 12.7. The zero-order chi connectivity index (χ0) is 13.3. The van der Waals surface area contributed by atoms with Crippen LogP contribution in [0.25, 0.3) is 0 Å². The van der Waals surface area contributed by atoms with Crippen molar-refractivity contribution < 1.29 is 8.42 Å². The summed E-state index contributed by atoms with van der Waals surface area (Å²) in [6, 6.07) is 5.28. The number of fused-ring (bicyclic) bond motifs is 1. The molecule has 1 heterocycles. The van der Waals surface area contributed by atoms with Gasteiger partial charge in [-0.05, 0) is 18.1 Å². The minimum atomic E-state index is -3.71. The maximum atomic E-state index is 11.4. The maximum absolute atomic E-state index is 11.4. The van der Waals surface area contributed by atoms with Crippen LogP contribution in [0, 0.1) is 5.92 Å². The van der Waals surface area contributed by atoms with Gasteiger partial charge in [0.15, 0.2) is 0 Å². The Kier molecular flexibility index (Phi) is 3.16. The van der Waals surface area contributed by atoms with Crippen molar-refractivity contribution in [3.63, 3.8) is 0 Å². The van der Waals surface area contributed by atoms with Gasteiger partial charge >= 0.3 is 10.2 Å². The molecule has 0 amide bonds. The molecule has 1 aromatic carbocycles. The third-order valence-corrected chi connectivity index (χ3v) is 3.39. The summed E-state index contributed by atoms with van der Waals surface area (Å²) in [6.07, 6.45) is 0. The first-order valence-electron chi connectivity index (χ1n) is 5.64. The summed E-state index contributed by atoms with van der Waals surface area (Å²) >= 11 is 0. The molecule has 1 aromatic rings. The SMILES string of the molecule is CC(C)CNc1cccc2c1C(N)=NS(=O)(=O)N2. The minimum Gasteiger partial charge on any atom is -0.384 e. The van der Waals surface area contributed by atoms with Crippen molar-refractivity contribution in [1.82, 2.24) is 0 Å². The lowest BCUT2D eigenvalue weighted by Crippen LogP contribution is -2.27. The van der Waals surface area contributed by atoms with Gasteiger partial charge in [0.05, 0.1) is 11.3 Å². The van der Waals surface area contributed by atoms with Crippen molar-refractivity contribution in [3.05, 3.63) is 23.8 Å². The van der Waals surface area contributed by atoms with Crippen molar-refractivity contribution in [1.29, 1.82) is 0 Å². The van der Waals surface area contributed by atoms with Crippen LogP contribution < -0.4 is 15.8 Å². The maximum Gasteiger partial charge on any atom is 0.344 e. The summed E-state index contributed by atoms with van der Waals surface area (Å²) in [6.45, 7) is 4.95. The van der Waals surface area contributed by atoms with Gasteiger partial charge in [-0.3, -0.25) is 4.72 Å². The molecule has 0 fully saturated rings. The number of nitrogens with one attached hydrogen (secondary N) is 2. The van der Waals surface area contributed by atoms with Crippen molar-refractivity contribution in [2.75, 3.05) is 16.6 Å². The molecule has 0 radical (unpaired) electrons. The highest BCUT2D eigenvalue weighted by atomic mass is 32.2. The molecule has 0 saturated carbocycles. The number of nitrogens with zero attached hydrogens (tertiary/aromatic N) is 1. The predicted molar refractivity (Wildman–Crippen MR) is 73.0 cm³/mol. The van der Waals surface area contributed by atoms with E-state index in [-0.39, 0.29) is 5.84 Å². The van der Waals surface area contributed by atoms with Crippen LogP contribution in [0.15, 0.2) is 22.6 Å². The quantitative estimate of drug-likeness (QED) is 0.765. The van der Waals surface area contributed by atoms with Crippen LogP contribution >= 0.6 is 0 Å². The number of benzene rings is 1. The first-order chi connectivity index (χ1) is 8.39. The lowest BCUT2D eigenvalue weighted by atomic mass is 10.1. The molecule has 4 N–H and O–H groups in total. The smallest absolute Gasteiger partial charge is 0.344 e. The van der Waals surface area contributed by atoms with Gasteiger partial charge in [0.25, 0.3) is 0 Å². The highest BCUT2D eigenvalue weighted by molar-refractivity contribution is 7.91. The van der Waals surface area contributed by atoms with E-state index in [1.54, 1.807) is 12.1 Å². The second kappa shape index (κ2) is 4.49. The topological polar surface area (TPSA) is 96.6 Å². The van der Waals surface area contributed by atoms with Gasteiger partial charge in [0.1, 0.15) is 5.84 Å². The van der Waals surface area contributed by atoms with E-state index in [1.807, 2.05) is 6.07 Å². The van der Waals surface area contributed by atoms with Crippen LogP contribution in [-0.4, -0.2) is 20.8 Å². The van der Waals surface area contributed by atoms with E-state index in [1.165, 1.54) is 0 Å². The zero-order valence-corrected chi connectivity index (χ0v) is 11.1. The number of hydrogen-bond donors (Lipinski definition) is 3. The number of anilines is 2. The Bertz CT molecular complexity index is 593. The van der Waals surface area contributed by atoms with Crippen LogP contribution in [0.4, 0.5) is 11.4 Å². The number of amidine groups is 1. The Morgan fingerprint density at radius 2 is 2.17 bits per heavy atom. The third-order valence-electron chi connectivity index (χ3n) is 2.48. The highest BCUT2D eigenvalue weighted by Crippen LogP contribution is 2.28. The molecule has 0 atom stereocenters. The standard InChI is InChI=1S/C11H16N4O2S/c1-7(2)6-13-8-4-3-5-9-10(8)11(12)15-18(16,17)14-9/h3-5,7,13-14H,6H2,1-2H3,(H2,12,15). The van der Waals surface area contributed by atoms with Crippen LogP contribution in [-0.2, 0) is 10.2 Å². The van der Waals surface area contributed by atoms with E-state index in [0.29, 0.717) is 17.2 Å². The Labute approximate surface area is 106 Å². The average Bonchev–Trinajstić information content (AvgIpc) is 2.23. The van der Waals surface area contributed by atoms with E-state index >= 15 is 0 Å². The molecule has 98 valence electrons. The molecule has 7 heteroatoms. The van der Waals surface area contributed by atoms with E-state index in [9.17, 15) is 8.42 Å². The molecule has 0 saturated heterocycles. The highest BCUT2D eigenvalue weighted by Gasteiger charge is 2.23. The second-order valence-corrected chi connectivity index (χ2v) is 5.89. The van der Waals surface area contributed by atoms with E-state index in [0.717, 1.165) is 12.2 Å². The fraction of sp³-hybridized carbons (Fsp3) is 0.364. The van der Waals surface area contributed by atoms with Crippen LogP contribution in [0.5, 0.6) is 0 Å². The van der Waals surface area contributed by atoms with Gasteiger partial charge in [-0.2, -0.15) is 8.42 Å². The summed E-state index contributed by atoms with van der Waals surface area (Å²) in [5, 5.41) is 3.23. The molecule has 0 spiro atoms. The molecule has 2 rings (SSSR count). The molecule has 6 nitrogen and oxygen atoms in total. The Balaban J connectivity index is 2.42. The van der Waals surface area contributed by atoms with Gasteiger partial charge in [-0.1, -0.05) is 19.9 Å². The summed E-state index contributed by atoms with van der Waals surface area (Å²) in [4.78, 5) is 0. The average molecular weight is 268 g/mol. The molecular weight excluding hydrogens is 252 g/mol. The van der Waals surface area contributed by atoms with Gasteiger partial charge < -0.3 is 11.1 Å². The molecule has 0 bridgehead atoms. The molecule has 0 aromatic heterocycles. The lowest BCUT2D eigenvalue weighted by molar-refractivity contribution is 0.602. The Hall–Kier alpha value is -1.76. The monoisotopic (exact) mass is 268 g/mol. The summed E-state index contributed by atoms with van der Waals surface area (Å²) in [5.41, 5.74) is 7.56. The number of nitrogens with two attached hydrogens (primary N) is 1. The van der Waals surface area contributed by atoms with E-state index < -0.39 is 10.2 Å². The van der Waals surface area contributed by atoms with Gasteiger partial charge in [-0.15, -0.1) is 4.40 Å². The first-order valence-corrected chi connectivity index (χ1v) is 7.08. The molecule has 0 unspecified atom stereocenters. The molecular formula is C11H16N4O2S. The Morgan fingerprint density at radius 3 is 2.83 bits per heavy atom. The summed E-state index contributed by atoms with van der Waals surface area (Å²) in [5.74, 6) is 0.481. The lowest BCUT2D eigenvalue weighted by Gasteiger charge is -2.20. The van der Waals surface area contributed by atoms with Crippen LogP contribution in [0.3, 0.4) is 0 Å². The summed E-state index contributed by atoms with van der Waals surface area (Å²) in [7, 11) is -3.71. The van der Waals surface area contributed by atoms with E-state index in [2.05, 4.69) is 28.3 Å². The van der Waals surface area contributed by atoms with E-state index in [4.69, 9.17) is 5.73 Å². The fourth-order valence-electron chi connectivity index (χ4n) is 1.71. The van der Waals surface area contributed by atoms with Crippen molar-refractivity contribution in [2.24, 2.45) is 16.0 Å². The van der Waals surface area contributed by atoms with Crippen molar-refractivity contribution >= 4 is 27.4 Å². The van der Waals surface area contributed by atoms with Crippen molar-refractivity contribution in [2.45, 2.75) is 13.8 Å². The summed E-state index contributed by atoms with van der Waals surface area (Å²) < 4.78 is 28.6. The molecule has 0 aliphatic carbocycles. The fourth-order valence-corrected chi connectivity index (χ4v) is 2.56.